The third-order valence-electron chi connectivity index (χ3n) is 6.85. The molecule has 2 aromatic heterocycles. The van der Waals surface area contributed by atoms with Gasteiger partial charge in [-0.3, -0.25) is 14.5 Å². The van der Waals surface area contributed by atoms with Crippen molar-refractivity contribution in [3.63, 3.8) is 0 Å². The normalized spacial score (nSPS) is 23.2. The third-order valence-corrected chi connectivity index (χ3v) is 7.03. The Labute approximate surface area is 181 Å². The van der Waals surface area contributed by atoms with E-state index in [1.165, 1.54) is 0 Å². The summed E-state index contributed by atoms with van der Waals surface area (Å²) >= 11 is 5.95. The number of halogens is 1. The van der Waals surface area contributed by atoms with Crippen LogP contribution in [0.15, 0.2) is 24.5 Å². The van der Waals surface area contributed by atoms with Crippen LogP contribution in [0.25, 0.3) is 0 Å². The first-order chi connectivity index (χ1) is 14.6. The monoisotopic (exact) mass is 429 g/mol. The first-order valence-electron chi connectivity index (χ1n) is 10.9. The lowest BCUT2D eigenvalue weighted by molar-refractivity contribution is 0.249. The van der Waals surface area contributed by atoms with Gasteiger partial charge >= 0.3 is 0 Å². The largest absolute Gasteiger partial charge is 0.494 e. The van der Waals surface area contributed by atoms with Crippen LogP contribution in [0, 0.1) is 11.8 Å². The van der Waals surface area contributed by atoms with Crippen LogP contribution in [0.3, 0.4) is 0 Å². The lowest BCUT2D eigenvalue weighted by Crippen LogP contribution is -2.47. The Balaban J connectivity index is 1.09. The van der Waals surface area contributed by atoms with E-state index in [4.69, 9.17) is 11.6 Å². The molecule has 2 unspecified atom stereocenters. The minimum absolute atomic E-state index is 0.275. The number of piperazine rings is 1. The molecule has 0 aromatic carbocycles. The molecule has 8 heteroatoms. The molecule has 3 aliphatic rings. The van der Waals surface area contributed by atoms with E-state index in [9.17, 15) is 10.2 Å². The van der Waals surface area contributed by atoms with Crippen LogP contribution in [0.5, 0.6) is 11.8 Å². The van der Waals surface area contributed by atoms with E-state index in [1.807, 2.05) is 0 Å². The van der Waals surface area contributed by atoms with Crippen molar-refractivity contribution in [1.29, 1.82) is 0 Å². The lowest BCUT2D eigenvalue weighted by Gasteiger charge is -2.35. The van der Waals surface area contributed by atoms with E-state index in [1.54, 1.807) is 17.0 Å². The van der Waals surface area contributed by atoms with Crippen LogP contribution >= 0.6 is 11.6 Å². The highest BCUT2D eigenvalue weighted by Crippen LogP contribution is 2.46. The number of nitrogens with zero attached hydrogens (tertiary/aromatic N) is 5. The Morgan fingerprint density at radius 1 is 0.900 bits per heavy atom. The molecule has 2 aliphatic carbocycles. The zero-order valence-electron chi connectivity index (χ0n) is 17.0. The molecule has 30 heavy (non-hydrogen) atoms. The molecule has 1 aliphatic heterocycles. The smallest absolute Gasteiger partial charge is 0.197 e. The van der Waals surface area contributed by atoms with E-state index in [-0.39, 0.29) is 11.8 Å². The number of allylic oxidation sites excluding steroid dienone is 2. The molecule has 0 radical (unpaired) electrons. The van der Waals surface area contributed by atoms with Gasteiger partial charge in [0, 0.05) is 43.9 Å². The number of hydrogen-bond donors (Lipinski definition) is 2. The average Bonchev–Trinajstić information content (AvgIpc) is 2.96. The summed E-state index contributed by atoms with van der Waals surface area (Å²) in [5.41, 5.74) is 1.91. The molecule has 0 bridgehead atoms. The number of unbranched alkanes of at least 4 members (excludes halogenated alkanes) is 1. The summed E-state index contributed by atoms with van der Waals surface area (Å²) in [4.78, 5) is 13.1. The summed E-state index contributed by atoms with van der Waals surface area (Å²) < 4.78 is 1.71. The predicted molar refractivity (Wildman–Crippen MR) is 116 cm³/mol. The first-order valence-corrected chi connectivity index (χ1v) is 11.2. The van der Waals surface area contributed by atoms with Gasteiger partial charge in [0.1, 0.15) is 11.0 Å². The SMILES string of the molecule is Oc1c2c(c(O)n1CCCCN1CCN(c3cncc(Cl)n3)CC1)CC1C=CC1C2. The number of hydrogen-bond acceptors (Lipinski definition) is 6. The van der Waals surface area contributed by atoms with Crippen molar-refractivity contribution >= 4 is 17.4 Å². The zero-order valence-corrected chi connectivity index (χ0v) is 17.8. The molecular formula is C22H28ClN5O2. The van der Waals surface area contributed by atoms with E-state index in [2.05, 4.69) is 31.9 Å². The molecule has 3 heterocycles. The van der Waals surface area contributed by atoms with Crippen LogP contribution in [0.2, 0.25) is 5.15 Å². The van der Waals surface area contributed by atoms with Crippen LogP contribution in [0.4, 0.5) is 5.82 Å². The van der Waals surface area contributed by atoms with Crippen molar-refractivity contribution in [3.05, 3.63) is 40.8 Å². The molecule has 0 amide bonds. The molecule has 7 nitrogen and oxygen atoms in total. The second-order valence-electron chi connectivity index (χ2n) is 8.61. The van der Waals surface area contributed by atoms with Gasteiger partial charge in [-0.15, -0.1) is 0 Å². The Hall–Kier alpha value is -2.25. The van der Waals surface area contributed by atoms with Crippen LogP contribution in [0.1, 0.15) is 24.0 Å². The van der Waals surface area contributed by atoms with E-state index in [0.717, 1.165) is 75.4 Å². The van der Waals surface area contributed by atoms with Crippen molar-refractivity contribution in [1.82, 2.24) is 19.4 Å². The number of anilines is 1. The number of fused-ring (bicyclic) bond motifs is 2. The summed E-state index contributed by atoms with van der Waals surface area (Å²) in [6.45, 7) is 5.47. The number of rotatable bonds is 6. The van der Waals surface area contributed by atoms with Crippen molar-refractivity contribution in [2.45, 2.75) is 32.2 Å². The fourth-order valence-corrected chi connectivity index (χ4v) is 5.11. The fourth-order valence-electron chi connectivity index (χ4n) is 4.96. The summed E-state index contributed by atoms with van der Waals surface area (Å²) in [7, 11) is 0. The van der Waals surface area contributed by atoms with Gasteiger partial charge in [-0.25, -0.2) is 4.98 Å². The minimum atomic E-state index is 0.275. The van der Waals surface area contributed by atoms with Gasteiger partial charge in [-0.05, 0) is 44.1 Å². The highest BCUT2D eigenvalue weighted by atomic mass is 35.5. The van der Waals surface area contributed by atoms with E-state index < -0.39 is 0 Å². The Morgan fingerprint density at radius 3 is 2.13 bits per heavy atom. The molecule has 1 saturated heterocycles. The maximum absolute atomic E-state index is 10.6. The maximum atomic E-state index is 10.6. The number of aromatic hydroxyl groups is 2. The van der Waals surface area contributed by atoms with Gasteiger partial charge in [0.05, 0.1) is 12.4 Å². The molecule has 0 saturated carbocycles. The van der Waals surface area contributed by atoms with Crippen LogP contribution in [-0.2, 0) is 19.4 Å². The molecule has 2 aromatic rings. The van der Waals surface area contributed by atoms with Crippen molar-refractivity contribution in [2.75, 3.05) is 37.6 Å². The van der Waals surface area contributed by atoms with Gasteiger partial charge < -0.3 is 15.1 Å². The zero-order chi connectivity index (χ0) is 20.7. The van der Waals surface area contributed by atoms with Crippen LogP contribution in [-0.4, -0.2) is 62.4 Å². The second-order valence-corrected chi connectivity index (χ2v) is 9.00. The quantitative estimate of drug-likeness (QED) is 0.543. The predicted octanol–water partition coefficient (Wildman–Crippen LogP) is 2.85. The lowest BCUT2D eigenvalue weighted by atomic mass is 9.70. The molecule has 2 N–H and O–H groups in total. The highest BCUT2D eigenvalue weighted by Gasteiger charge is 2.36. The summed E-state index contributed by atoms with van der Waals surface area (Å²) in [5.74, 6) is 2.47. The molecule has 160 valence electrons. The molecular weight excluding hydrogens is 402 g/mol. The molecule has 5 rings (SSSR count). The molecule has 2 atom stereocenters. The van der Waals surface area contributed by atoms with Crippen molar-refractivity contribution in [2.24, 2.45) is 11.8 Å². The van der Waals surface area contributed by atoms with Gasteiger partial charge in [0.25, 0.3) is 0 Å². The summed E-state index contributed by atoms with van der Waals surface area (Å²) in [6, 6.07) is 0. The van der Waals surface area contributed by atoms with Gasteiger partial charge in [-0.2, -0.15) is 0 Å². The second kappa shape index (κ2) is 8.12. The Morgan fingerprint density at radius 2 is 1.53 bits per heavy atom. The highest BCUT2D eigenvalue weighted by molar-refractivity contribution is 6.29. The standard InChI is InChI=1S/C22H28ClN5O2/c23-19-13-24-14-20(25-19)27-9-7-26(8-10-27)5-1-2-6-28-21(29)17-11-15-3-4-16(15)12-18(17)22(28)30/h3-4,13-16,29-30H,1-2,5-12H2. The number of aromatic nitrogens is 3. The summed E-state index contributed by atoms with van der Waals surface area (Å²) in [6.07, 6.45) is 11.4. The average molecular weight is 430 g/mol. The fraction of sp³-hybridized carbons (Fsp3) is 0.545. The molecule has 0 spiro atoms. The minimum Gasteiger partial charge on any atom is -0.494 e. The van der Waals surface area contributed by atoms with Crippen molar-refractivity contribution < 1.29 is 10.2 Å². The third kappa shape index (κ3) is 3.65. The van der Waals surface area contributed by atoms with Gasteiger partial charge in [0.2, 0.25) is 0 Å². The Kier molecular flexibility index (Phi) is 5.33. The first kappa shape index (κ1) is 19.7. The van der Waals surface area contributed by atoms with E-state index >= 15 is 0 Å². The molecule has 1 fully saturated rings. The van der Waals surface area contributed by atoms with Crippen LogP contribution < -0.4 is 4.90 Å². The Bertz CT molecular complexity index is 914. The van der Waals surface area contributed by atoms with E-state index in [0.29, 0.717) is 23.5 Å². The van der Waals surface area contributed by atoms with Crippen molar-refractivity contribution in [3.8, 4) is 11.8 Å². The summed E-state index contributed by atoms with van der Waals surface area (Å²) in [5, 5.41) is 21.7. The van der Waals surface area contributed by atoms with Gasteiger partial charge in [0.15, 0.2) is 11.8 Å². The van der Waals surface area contributed by atoms with Gasteiger partial charge in [-0.1, -0.05) is 23.8 Å². The topological polar surface area (TPSA) is 77.7 Å². The maximum Gasteiger partial charge on any atom is 0.197 e.